The molecule has 1 amide bonds. The van der Waals surface area contributed by atoms with Crippen molar-refractivity contribution in [1.82, 2.24) is 9.88 Å². The first kappa shape index (κ1) is 24.7. The first-order valence-corrected chi connectivity index (χ1v) is 12.3. The van der Waals surface area contributed by atoms with E-state index < -0.39 is 5.97 Å². The second-order valence-electron chi connectivity index (χ2n) is 8.87. The Morgan fingerprint density at radius 3 is 2.43 bits per heavy atom. The Morgan fingerprint density at radius 1 is 1.03 bits per heavy atom. The fourth-order valence-electron chi connectivity index (χ4n) is 4.38. The van der Waals surface area contributed by atoms with E-state index in [0.717, 1.165) is 42.5 Å². The summed E-state index contributed by atoms with van der Waals surface area (Å²) in [6, 6.07) is 18.0. The summed E-state index contributed by atoms with van der Waals surface area (Å²) in [5.74, 6) is -0.111. The molecule has 1 aliphatic rings. The van der Waals surface area contributed by atoms with Crippen LogP contribution in [0.3, 0.4) is 0 Å². The Balaban J connectivity index is 1.41. The number of carbonyl (C=O) groups excluding carboxylic acids is 1. The molecule has 1 saturated carbocycles. The second kappa shape index (κ2) is 11.8. The molecule has 0 atom stereocenters. The van der Waals surface area contributed by atoms with Crippen LogP contribution in [0.1, 0.15) is 52.9 Å². The van der Waals surface area contributed by atoms with Gasteiger partial charge in [-0.2, -0.15) is 0 Å². The van der Waals surface area contributed by atoms with Crippen molar-refractivity contribution in [2.45, 2.75) is 45.3 Å². The number of rotatable bonds is 10. The summed E-state index contributed by atoms with van der Waals surface area (Å²) in [6.07, 6.45) is 6.62. The summed E-state index contributed by atoms with van der Waals surface area (Å²) in [7, 11) is 0. The molecule has 0 radical (unpaired) electrons. The lowest BCUT2D eigenvalue weighted by Crippen LogP contribution is -2.36. The van der Waals surface area contributed by atoms with Crippen molar-refractivity contribution < 1.29 is 19.4 Å². The van der Waals surface area contributed by atoms with E-state index in [0.29, 0.717) is 30.3 Å². The lowest BCUT2D eigenvalue weighted by atomic mass is 10.1. The van der Waals surface area contributed by atoms with Crippen LogP contribution < -0.4 is 4.74 Å². The molecule has 0 bridgehead atoms. The maximum absolute atomic E-state index is 13.3. The van der Waals surface area contributed by atoms with Gasteiger partial charge in [-0.05, 0) is 60.4 Å². The molecule has 4 rings (SSSR count). The fourth-order valence-corrected chi connectivity index (χ4v) is 4.64. The minimum atomic E-state index is -0.961. The van der Waals surface area contributed by atoms with Crippen LogP contribution in [0, 0.1) is 5.92 Å². The number of hydrogen-bond donors (Lipinski definition) is 1. The molecule has 1 N–H and O–H groups in total. The average Bonchev–Trinajstić information content (AvgIpc) is 3.41. The molecule has 0 aliphatic heterocycles. The van der Waals surface area contributed by atoms with Gasteiger partial charge in [0.1, 0.15) is 12.4 Å². The molecule has 7 heteroatoms. The lowest BCUT2D eigenvalue weighted by molar-refractivity contribution is -0.136. The maximum atomic E-state index is 13.3. The average molecular weight is 493 g/mol. The van der Waals surface area contributed by atoms with Gasteiger partial charge >= 0.3 is 5.97 Å². The molecule has 182 valence electrons. The highest BCUT2D eigenvalue weighted by Gasteiger charge is 2.27. The Morgan fingerprint density at radius 2 is 1.77 bits per heavy atom. The Hall–Kier alpha value is -3.38. The molecule has 1 aromatic heterocycles. The van der Waals surface area contributed by atoms with E-state index >= 15 is 0 Å². The smallest absolute Gasteiger partial charge is 0.335 e. The molecule has 35 heavy (non-hydrogen) atoms. The van der Waals surface area contributed by atoms with Gasteiger partial charge in [0.25, 0.3) is 0 Å². The minimum absolute atomic E-state index is 0.101. The molecule has 0 spiro atoms. The van der Waals surface area contributed by atoms with Crippen LogP contribution in [0.2, 0.25) is 5.02 Å². The van der Waals surface area contributed by atoms with Crippen LogP contribution in [0.15, 0.2) is 66.9 Å². The molecular weight excluding hydrogens is 464 g/mol. The van der Waals surface area contributed by atoms with Crippen LogP contribution >= 0.6 is 11.6 Å². The van der Waals surface area contributed by atoms with E-state index in [1.165, 1.54) is 0 Å². The van der Waals surface area contributed by atoms with E-state index in [1.807, 2.05) is 41.3 Å². The second-order valence-corrected chi connectivity index (χ2v) is 9.27. The molecule has 2 aromatic carbocycles. The molecule has 6 nitrogen and oxygen atoms in total. The van der Waals surface area contributed by atoms with Crippen molar-refractivity contribution in [3.05, 3.63) is 94.3 Å². The maximum Gasteiger partial charge on any atom is 0.335 e. The van der Waals surface area contributed by atoms with Crippen molar-refractivity contribution in [2.75, 3.05) is 6.54 Å². The Labute approximate surface area is 210 Å². The third-order valence-electron chi connectivity index (χ3n) is 6.35. The number of hydrogen-bond acceptors (Lipinski definition) is 4. The SMILES string of the molecule is O=C(O)c1ccc(COc2ccc(CN(CCc3ccccn3)C(=O)C3CCCC3)cc2Cl)cc1. The normalized spacial score (nSPS) is 13.5. The zero-order valence-electron chi connectivity index (χ0n) is 19.5. The lowest BCUT2D eigenvalue weighted by Gasteiger charge is -2.26. The van der Waals surface area contributed by atoms with E-state index in [2.05, 4.69) is 4.98 Å². The number of carbonyl (C=O) groups is 2. The van der Waals surface area contributed by atoms with E-state index in [9.17, 15) is 9.59 Å². The summed E-state index contributed by atoms with van der Waals surface area (Å²) in [5, 5.41) is 9.49. The van der Waals surface area contributed by atoms with Crippen molar-refractivity contribution in [2.24, 2.45) is 5.92 Å². The summed E-state index contributed by atoms with van der Waals surface area (Å²) >= 11 is 6.51. The zero-order valence-corrected chi connectivity index (χ0v) is 20.3. The predicted molar refractivity (Wildman–Crippen MR) is 135 cm³/mol. The number of amides is 1. The third-order valence-corrected chi connectivity index (χ3v) is 6.64. The zero-order chi connectivity index (χ0) is 24.6. The van der Waals surface area contributed by atoms with Gasteiger partial charge in [-0.1, -0.05) is 48.7 Å². The van der Waals surface area contributed by atoms with Crippen LogP contribution in [0.4, 0.5) is 0 Å². The number of carboxylic acids is 1. The van der Waals surface area contributed by atoms with Crippen molar-refractivity contribution >= 4 is 23.5 Å². The van der Waals surface area contributed by atoms with Gasteiger partial charge in [-0.3, -0.25) is 9.78 Å². The molecule has 0 unspecified atom stereocenters. The third kappa shape index (κ3) is 6.83. The summed E-state index contributed by atoms with van der Waals surface area (Å²) in [5.41, 5.74) is 2.99. The number of benzene rings is 2. The summed E-state index contributed by atoms with van der Waals surface area (Å²) < 4.78 is 5.85. The van der Waals surface area contributed by atoms with Gasteiger partial charge in [-0.15, -0.1) is 0 Å². The highest BCUT2D eigenvalue weighted by Crippen LogP contribution is 2.29. The molecule has 1 aliphatic carbocycles. The Bertz CT molecular complexity index is 1150. The van der Waals surface area contributed by atoms with Gasteiger partial charge in [0.2, 0.25) is 5.91 Å². The quantitative estimate of drug-likeness (QED) is 0.388. The number of nitrogens with zero attached hydrogens (tertiary/aromatic N) is 2. The first-order valence-electron chi connectivity index (χ1n) is 11.9. The van der Waals surface area contributed by atoms with Gasteiger partial charge in [0, 0.05) is 37.3 Å². The van der Waals surface area contributed by atoms with Crippen molar-refractivity contribution in [1.29, 1.82) is 0 Å². The summed E-state index contributed by atoms with van der Waals surface area (Å²) in [4.78, 5) is 30.6. The highest BCUT2D eigenvalue weighted by atomic mass is 35.5. The number of pyridine rings is 1. The van der Waals surface area contributed by atoms with Crippen molar-refractivity contribution in [3.63, 3.8) is 0 Å². The first-order chi connectivity index (χ1) is 17.0. The van der Waals surface area contributed by atoms with Crippen molar-refractivity contribution in [3.8, 4) is 5.75 Å². The minimum Gasteiger partial charge on any atom is -0.487 e. The molecule has 1 fully saturated rings. The number of halogens is 1. The monoisotopic (exact) mass is 492 g/mol. The molecule has 1 heterocycles. The highest BCUT2D eigenvalue weighted by molar-refractivity contribution is 6.32. The van der Waals surface area contributed by atoms with Crippen LogP contribution in [0.5, 0.6) is 5.75 Å². The van der Waals surface area contributed by atoms with Gasteiger partial charge in [0.15, 0.2) is 0 Å². The summed E-state index contributed by atoms with van der Waals surface area (Å²) in [6.45, 7) is 1.36. The topological polar surface area (TPSA) is 79.7 Å². The number of aromatic nitrogens is 1. The number of aromatic carboxylic acids is 1. The molecule has 0 saturated heterocycles. The van der Waals surface area contributed by atoms with Crippen LogP contribution in [0.25, 0.3) is 0 Å². The number of ether oxygens (including phenoxy) is 1. The van der Waals surface area contributed by atoms with Gasteiger partial charge in [-0.25, -0.2) is 4.79 Å². The van der Waals surface area contributed by atoms with E-state index in [1.54, 1.807) is 30.5 Å². The van der Waals surface area contributed by atoms with E-state index in [4.69, 9.17) is 21.4 Å². The number of carboxylic acid groups (broad SMARTS) is 1. The van der Waals surface area contributed by atoms with Gasteiger partial charge < -0.3 is 14.7 Å². The standard InChI is InChI=1S/C28H29ClN2O4/c29-25-17-21(10-13-26(25)35-19-20-8-11-23(12-9-20)28(33)34)18-31(27(32)22-5-1-2-6-22)16-14-24-7-3-4-15-30-24/h3-4,7-13,15,17,22H,1-2,5-6,14,16,18-19H2,(H,33,34). The van der Waals surface area contributed by atoms with E-state index in [-0.39, 0.29) is 24.0 Å². The Kier molecular flexibility index (Phi) is 8.37. The fraction of sp³-hybridized carbons (Fsp3) is 0.321. The molecule has 3 aromatic rings. The van der Waals surface area contributed by atoms with Crippen LogP contribution in [-0.2, 0) is 24.4 Å². The predicted octanol–water partition coefficient (Wildman–Crippen LogP) is 5.77. The molecular formula is C28H29ClN2O4. The van der Waals surface area contributed by atoms with Crippen LogP contribution in [-0.4, -0.2) is 33.4 Å². The largest absolute Gasteiger partial charge is 0.487 e. The van der Waals surface area contributed by atoms with Gasteiger partial charge in [0.05, 0.1) is 10.6 Å².